The average molecular weight is 349 g/mol. The molecule has 0 aliphatic heterocycles. The minimum atomic E-state index is -0.258. The topological polar surface area (TPSA) is 54.1 Å². The van der Waals surface area contributed by atoms with E-state index in [1.165, 1.54) is 0 Å². The number of benzene rings is 2. The van der Waals surface area contributed by atoms with Gasteiger partial charge in [-0.25, -0.2) is 0 Å². The van der Waals surface area contributed by atoms with Gasteiger partial charge in [0.1, 0.15) is 18.1 Å². The monoisotopic (exact) mass is 348 g/mol. The molecule has 3 aromatic rings. The Morgan fingerprint density at radius 3 is 2.57 bits per heavy atom. The normalized spacial score (nSPS) is 10.7. The number of carbonyl (C=O) groups is 1. The molecule has 0 aliphatic carbocycles. The van der Waals surface area contributed by atoms with Crippen molar-refractivity contribution in [1.82, 2.24) is 10.3 Å². The highest BCUT2D eigenvalue weighted by atomic mass is 35.5. The van der Waals surface area contributed by atoms with Gasteiger partial charge in [-0.1, -0.05) is 41.4 Å². The molecule has 1 aromatic heterocycles. The van der Waals surface area contributed by atoms with Crippen molar-refractivity contribution in [1.29, 1.82) is 0 Å². The highest BCUT2D eigenvalue weighted by Gasteiger charge is 2.15. The van der Waals surface area contributed by atoms with Crippen LogP contribution in [0.2, 0.25) is 10.0 Å². The SMILES string of the molecule is O=C(NCCOc1ccc(Cl)cc1)c1[nH]c2ccccc2c1Cl. The zero-order valence-corrected chi connectivity index (χ0v) is 13.6. The summed E-state index contributed by atoms with van der Waals surface area (Å²) in [5, 5.41) is 4.69. The van der Waals surface area contributed by atoms with Gasteiger partial charge < -0.3 is 15.0 Å². The van der Waals surface area contributed by atoms with Gasteiger partial charge in [0, 0.05) is 15.9 Å². The van der Waals surface area contributed by atoms with Crippen molar-refractivity contribution in [2.75, 3.05) is 13.2 Å². The number of nitrogens with one attached hydrogen (secondary N) is 2. The zero-order valence-electron chi connectivity index (χ0n) is 12.1. The third-order valence-electron chi connectivity index (χ3n) is 3.34. The predicted molar refractivity (Wildman–Crippen MR) is 92.6 cm³/mol. The van der Waals surface area contributed by atoms with E-state index in [0.29, 0.717) is 34.6 Å². The Bertz CT molecular complexity index is 828. The largest absolute Gasteiger partial charge is 0.492 e. The Morgan fingerprint density at radius 2 is 1.83 bits per heavy atom. The van der Waals surface area contributed by atoms with Crippen molar-refractivity contribution in [3.8, 4) is 5.75 Å². The lowest BCUT2D eigenvalue weighted by molar-refractivity contribution is 0.0943. The van der Waals surface area contributed by atoms with Gasteiger partial charge in [0.15, 0.2) is 0 Å². The predicted octanol–water partition coefficient (Wildman–Crippen LogP) is 4.28. The first-order chi connectivity index (χ1) is 11.1. The van der Waals surface area contributed by atoms with Crippen LogP contribution < -0.4 is 10.1 Å². The van der Waals surface area contributed by atoms with Crippen LogP contribution >= 0.6 is 23.2 Å². The van der Waals surface area contributed by atoms with Crippen LogP contribution in [-0.4, -0.2) is 24.0 Å². The smallest absolute Gasteiger partial charge is 0.269 e. The standard InChI is InChI=1S/C17H14Cl2N2O2/c18-11-5-7-12(8-6-11)23-10-9-20-17(22)16-15(19)13-3-1-2-4-14(13)21-16/h1-8,21H,9-10H2,(H,20,22). The molecule has 3 rings (SSSR count). The molecule has 1 amide bonds. The summed E-state index contributed by atoms with van der Waals surface area (Å²) >= 11 is 12.0. The molecule has 0 aliphatic rings. The Hall–Kier alpha value is -2.17. The molecule has 118 valence electrons. The highest BCUT2D eigenvalue weighted by molar-refractivity contribution is 6.38. The van der Waals surface area contributed by atoms with Crippen molar-refractivity contribution < 1.29 is 9.53 Å². The average Bonchev–Trinajstić information content (AvgIpc) is 2.90. The summed E-state index contributed by atoms with van der Waals surface area (Å²) in [6.07, 6.45) is 0. The van der Waals surface area contributed by atoms with E-state index in [4.69, 9.17) is 27.9 Å². The van der Waals surface area contributed by atoms with Gasteiger partial charge in [0.25, 0.3) is 5.91 Å². The Labute approximate surface area is 143 Å². The second kappa shape index (κ2) is 6.94. The molecule has 2 aromatic carbocycles. The summed E-state index contributed by atoms with van der Waals surface area (Å²) in [5.41, 5.74) is 1.19. The maximum Gasteiger partial charge on any atom is 0.269 e. The number of aromatic amines is 1. The number of fused-ring (bicyclic) bond motifs is 1. The first-order valence-corrected chi connectivity index (χ1v) is 7.83. The molecular weight excluding hydrogens is 335 g/mol. The molecule has 0 unspecified atom stereocenters. The first-order valence-electron chi connectivity index (χ1n) is 7.08. The van der Waals surface area contributed by atoms with Crippen molar-refractivity contribution in [2.24, 2.45) is 0 Å². The molecule has 2 N–H and O–H groups in total. The van der Waals surface area contributed by atoms with Crippen LogP contribution in [0.15, 0.2) is 48.5 Å². The third kappa shape index (κ3) is 3.60. The molecule has 0 saturated heterocycles. The molecule has 0 spiro atoms. The third-order valence-corrected chi connectivity index (χ3v) is 3.98. The van der Waals surface area contributed by atoms with Gasteiger partial charge in [-0.3, -0.25) is 4.79 Å². The lowest BCUT2D eigenvalue weighted by atomic mass is 10.2. The summed E-state index contributed by atoms with van der Waals surface area (Å²) in [6, 6.07) is 14.6. The number of hydrogen-bond donors (Lipinski definition) is 2. The fourth-order valence-corrected chi connectivity index (χ4v) is 2.64. The number of carbonyl (C=O) groups excluding carboxylic acids is 1. The molecule has 0 bridgehead atoms. The highest BCUT2D eigenvalue weighted by Crippen LogP contribution is 2.26. The molecule has 4 nitrogen and oxygen atoms in total. The van der Waals surface area contributed by atoms with Crippen LogP contribution in [0.3, 0.4) is 0 Å². The fourth-order valence-electron chi connectivity index (χ4n) is 2.22. The molecule has 0 saturated carbocycles. The van der Waals surface area contributed by atoms with Crippen molar-refractivity contribution in [3.63, 3.8) is 0 Å². The summed E-state index contributed by atoms with van der Waals surface area (Å²) < 4.78 is 5.52. The second-order valence-electron chi connectivity index (χ2n) is 4.92. The molecule has 0 radical (unpaired) electrons. The second-order valence-corrected chi connectivity index (χ2v) is 5.73. The first kappa shape index (κ1) is 15.7. The number of rotatable bonds is 5. The molecule has 6 heteroatoms. The Balaban J connectivity index is 1.56. The maximum absolute atomic E-state index is 12.2. The van der Waals surface area contributed by atoms with E-state index in [9.17, 15) is 4.79 Å². The van der Waals surface area contributed by atoms with Gasteiger partial charge in [-0.05, 0) is 30.3 Å². The Morgan fingerprint density at radius 1 is 1.09 bits per heavy atom. The number of amides is 1. The van der Waals surface area contributed by atoms with Crippen molar-refractivity contribution in [2.45, 2.75) is 0 Å². The number of halogens is 2. The van der Waals surface area contributed by atoms with Gasteiger partial charge in [-0.15, -0.1) is 0 Å². The van der Waals surface area contributed by atoms with Crippen LogP contribution in [0.25, 0.3) is 10.9 Å². The van der Waals surface area contributed by atoms with E-state index in [-0.39, 0.29) is 5.91 Å². The van der Waals surface area contributed by atoms with E-state index < -0.39 is 0 Å². The zero-order chi connectivity index (χ0) is 16.2. The van der Waals surface area contributed by atoms with E-state index in [0.717, 1.165) is 10.9 Å². The maximum atomic E-state index is 12.2. The number of aromatic nitrogens is 1. The van der Waals surface area contributed by atoms with Crippen LogP contribution in [0.1, 0.15) is 10.5 Å². The van der Waals surface area contributed by atoms with Gasteiger partial charge in [-0.2, -0.15) is 0 Å². The van der Waals surface area contributed by atoms with Gasteiger partial charge >= 0.3 is 0 Å². The molecular formula is C17H14Cl2N2O2. The minimum absolute atomic E-state index is 0.258. The summed E-state index contributed by atoms with van der Waals surface area (Å²) in [6.45, 7) is 0.721. The lowest BCUT2D eigenvalue weighted by Crippen LogP contribution is -2.28. The van der Waals surface area contributed by atoms with Gasteiger partial charge in [0.2, 0.25) is 0 Å². The molecule has 1 heterocycles. The number of H-pyrrole nitrogens is 1. The number of para-hydroxylation sites is 1. The number of hydrogen-bond acceptors (Lipinski definition) is 2. The van der Waals surface area contributed by atoms with E-state index >= 15 is 0 Å². The summed E-state index contributed by atoms with van der Waals surface area (Å²) in [4.78, 5) is 15.2. The van der Waals surface area contributed by atoms with E-state index in [2.05, 4.69) is 10.3 Å². The Kier molecular flexibility index (Phi) is 4.74. The van der Waals surface area contributed by atoms with Crippen LogP contribution in [0.4, 0.5) is 0 Å². The van der Waals surface area contributed by atoms with Crippen LogP contribution in [-0.2, 0) is 0 Å². The lowest BCUT2D eigenvalue weighted by Gasteiger charge is -2.07. The van der Waals surface area contributed by atoms with Crippen LogP contribution in [0.5, 0.6) is 5.75 Å². The number of ether oxygens (including phenoxy) is 1. The van der Waals surface area contributed by atoms with Crippen LogP contribution in [0, 0.1) is 0 Å². The summed E-state index contributed by atoms with van der Waals surface area (Å²) in [7, 11) is 0. The van der Waals surface area contributed by atoms with Crippen molar-refractivity contribution >= 4 is 40.0 Å². The van der Waals surface area contributed by atoms with E-state index in [1.807, 2.05) is 24.3 Å². The van der Waals surface area contributed by atoms with E-state index in [1.54, 1.807) is 24.3 Å². The minimum Gasteiger partial charge on any atom is -0.492 e. The van der Waals surface area contributed by atoms with Gasteiger partial charge in [0.05, 0.1) is 11.6 Å². The molecule has 23 heavy (non-hydrogen) atoms. The fraction of sp³-hybridized carbons (Fsp3) is 0.118. The molecule has 0 atom stereocenters. The quantitative estimate of drug-likeness (QED) is 0.676. The van der Waals surface area contributed by atoms with Crippen molar-refractivity contribution in [3.05, 3.63) is 64.3 Å². The summed E-state index contributed by atoms with van der Waals surface area (Å²) in [5.74, 6) is 0.443. The molecule has 0 fully saturated rings.